The zero-order chi connectivity index (χ0) is 12.8. The predicted molar refractivity (Wildman–Crippen MR) is 78.2 cm³/mol. The van der Waals surface area contributed by atoms with Crippen LogP contribution in [-0.4, -0.2) is 31.6 Å². The van der Waals surface area contributed by atoms with Crippen LogP contribution in [0.5, 0.6) is 5.75 Å². The first-order valence-corrected chi connectivity index (χ1v) is 6.54. The molecule has 2 rings (SSSR count). The molecule has 0 aromatic heterocycles. The van der Waals surface area contributed by atoms with Crippen molar-refractivity contribution in [1.29, 1.82) is 0 Å². The van der Waals surface area contributed by atoms with Gasteiger partial charge in [0.15, 0.2) is 0 Å². The van der Waals surface area contributed by atoms with Crippen molar-refractivity contribution >= 4 is 18.3 Å². The first-order valence-electron chi connectivity index (χ1n) is 6.54. The van der Waals surface area contributed by atoms with E-state index >= 15 is 0 Å². The molecular formula is C14H21ClN2O2. The Morgan fingerprint density at radius 2 is 2.37 bits per heavy atom. The van der Waals surface area contributed by atoms with Crippen LogP contribution in [0.25, 0.3) is 0 Å². The molecule has 1 aromatic carbocycles. The summed E-state index contributed by atoms with van der Waals surface area (Å²) in [5, 5.41) is 6.33. The summed E-state index contributed by atoms with van der Waals surface area (Å²) in [7, 11) is 0. The zero-order valence-corrected chi connectivity index (χ0v) is 12.0. The second-order valence-electron chi connectivity index (χ2n) is 4.48. The number of hydrogen-bond acceptors (Lipinski definition) is 3. The third-order valence-electron chi connectivity index (χ3n) is 3.04. The Hall–Kier alpha value is -1.26. The van der Waals surface area contributed by atoms with E-state index in [4.69, 9.17) is 4.74 Å². The predicted octanol–water partition coefficient (Wildman–Crippen LogP) is 1.99. The van der Waals surface area contributed by atoms with Crippen molar-refractivity contribution in [2.75, 3.05) is 19.7 Å². The third kappa shape index (κ3) is 4.73. The molecule has 2 N–H and O–H groups in total. The van der Waals surface area contributed by atoms with Gasteiger partial charge >= 0.3 is 0 Å². The van der Waals surface area contributed by atoms with E-state index in [-0.39, 0.29) is 24.4 Å². The molecular weight excluding hydrogens is 264 g/mol. The molecule has 19 heavy (non-hydrogen) atoms. The second kappa shape index (κ2) is 8.02. The van der Waals surface area contributed by atoms with Crippen LogP contribution in [-0.2, 0) is 0 Å². The van der Waals surface area contributed by atoms with Crippen LogP contribution < -0.4 is 15.4 Å². The van der Waals surface area contributed by atoms with E-state index in [1.165, 1.54) is 0 Å². The second-order valence-corrected chi connectivity index (χ2v) is 4.48. The van der Waals surface area contributed by atoms with Crippen LogP contribution in [0.4, 0.5) is 0 Å². The SMILES string of the molecule is CCOc1cccc(C(=O)NC2CCCNC2)c1.Cl. The van der Waals surface area contributed by atoms with E-state index in [0.29, 0.717) is 12.2 Å². The number of hydrogen-bond donors (Lipinski definition) is 2. The van der Waals surface area contributed by atoms with E-state index in [0.717, 1.165) is 31.7 Å². The maximum Gasteiger partial charge on any atom is 0.251 e. The van der Waals surface area contributed by atoms with E-state index < -0.39 is 0 Å². The summed E-state index contributed by atoms with van der Waals surface area (Å²) in [4.78, 5) is 12.1. The van der Waals surface area contributed by atoms with Crippen LogP contribution in [0.3, 0.4) is 0 Å². The third-order valence-corrected chi connectivity index (χ3v) is 3.04. The molecule has 0 aliphatic carbocycles. The summed E-state index contributed by atoms with van der Waals surface area (Å²) in [6.07, 6.45) is 2.16. The lowest BCUT2D eigenvalue weighted by molar-refractivity contribution is 0.0930. The lowest BCUT2D eigenvalue weighted by Crippen LogP contribution is -2.45. The minimum Gasteiger partial charge on any atom is -0.494 e. The molecule has 1 heterocycles. The van der Waals surface area contributed by atoms with E-state index in [9.17, 15) is 4.79 Å². The molecule has 0 bridgehead atoms. The quantitative estimate of drug-likeness (QED) is 0.889. The standard InChI is InChI=1S/C14H20N2O2.ClH/c1-2-18-13-7-3-5-11(9-13)14(17)16-12-6-4-8-15-10-12;/h3,5,7,9,12,15H,2,4,6,8,10H2,1H3,(H,16,17);1H. The summed E-state index contributed by atoms with van der Waals surface area (Å²) in [6.45, 7) is 4.45. The number of rotatable bonds is 4. The highest BCUT2D eigenvalue weighted by Crippen LogP contribution is 2.13. The van der Waals surface area contributed by atoms with Crippen molar-refractivity contribution in [2.45, 2.75) is 25.8 Å². The Balaban J connectivity index is 0.00000180. The van der Waals surface area contributed by atoms with Gasteiger partial charge in [-0.15, -0.1) is 12.4 Å². The smallest absolute Gasteiger partial charge is 0.251 e. The van der Waals surface area contributed by atoms with Crippen LogP contribution in [0.2, 0.25) is 0 Å². The van der Waals surface area contributed by atoms with E-state index in [2.05, 4.69) is 10.6 Å². The van der Waals surface area contributed by atoms with Gasteiger partial charge in [-0.25, -0.2) is 0 Å². The van der Waals surface area contributed by atoms with E-state index in [1.807, 2.05) is 25.1 Å². The van der Waals surface area contributed by atoms with Crippen molar-refractivity contribution < 1.29 is 9.53 Å². The van der Waals surface area contributed by atoms with Gasteiger partial charge in [0, 0.05) is 18.2 Å². The number of piperidine rings is 1. The van der Waals surface area contributed by atoms with Gasteiger partial charge in [0.2, 0.25) is 0 Å². The number of carbonyl (C=O) groups excluding carboxylic acids is 1. The zero-order valence-electron chi connectivity index (χ0n) is 11.1. The van der Waals surface area contributed by atoms with Gasteiger partial charge in [-0.05, 0) is 44.5 Å². The largest absolute Gasteiger partial charge is 0.494 e. The van der Waals surface area contributed by atoms with Gasteiger partial charge in [-0.3, -0.25) is 4.79 Å². The average molecular weight is 285 g/mol. The first-order chi connectivity index (χ1) is 8.79. The molecule has 1 aromatic rings. The maximum absolute atomic E-state index is 12.1. The van der Waals surface area contributed by atoms with Crippen molar-refractivity contribution in [3.8, 4) is 5.75 Å². The molecule has 106 valence electrons. The van der Waals surface area contributed by atoms with Crippen molar-refractivity contribution in [3.63, 3.8) is 0 Å². The number of benzene rings is 1. The fourth-order valence-electron chi connectivity index (χ4n) is 2.14. The molecule has 1 fully saturated rings. The Labute approximate surface area is 120 Å². The summed E-state index contributed by atoms with van der Waals surface area (Å²) in [6, 6.07) is 7.55. The van der Waals surface area contributed by atoms with Crippen LogP contribution in [0.15, 0.2) is 24.3 Å². The molecule has 1 unspecified atom stereocenters. The highest BCUT2D eigenvalue weighted by Gasteiger charge is 2.16. The van der Waals surface area contributed by atoms with Gasteiger partial charge in [-0.2, -0.15) is 0 Å². The maximum atomic E-state index is 12.1. The highest BCUT2D eigenvalue weighted by molar-refractivity contribution is 5.94. The van der Waals surface area contributed by atoms with Gasteiger partial charge in [0.1, 0.15) is 5.75 Å². The monoisotopic (exact) mass is 284 g/mol. The molecule has 0 saturated carbocycles. The van der Waals surface area contributed by atoms with Crippen molar-refractivity contribution in [1.82, 2.24) is 10.6 Å². The average Bonchev–Trinajstić information content (AvgIpc) is 2.40. The topological polar surface area (TPSA) is 50.4 Å². The molecule has 0 radical (unpaired) electrons. The lowest BCUT2D eigenvalue weighted by Gasteiger charge is -2.23. The Morgan fingerprint density at radius 1 is 1.53 bits per heavy atom. The number of halogens is 1. The summed E-state index contributed by atoms with van der Waals surface area (Å²) in [5.41, 5.74) is 0.659. The minimum absolute atomic E-state index is 0. The van der Waals surface area contributed by atoms with Crippen LogP contribution in [0.1, 0.15) is 30.1 Å². The molecule has 1 atom stereocenters. The van der Waals surface area contributed by atoms with Crippen LogP contribution in [0, 0.1) is 0 Å². The normalized spacial score (nSPS) is 18.3. The van der Waals surface area contributed by atoms with Crippen molar-refractivity contribution in [3.05, 3.63) is 29.8 Å². The summed E-state index contributed by atoms with van der Waals surface area (Å²) < 4.78 is 5.39. The van der Waals surface area contributed by atoms with Crippen LogP contribution >= 0.6 is 12.4 Å². The Bertz CT molecular complexity index is 406. The number of ether oxygens (including phenoxy) is 1. The first kappa shape index (κ1) is 15.8. The number of nitrogens with one attached hydrogen (secondary N) is 2. The lowest BCUT2D eigenvalue weighted by atomic mass is 10.1. The summed E-state index contributed by atoms with van der Waals surface area (Å²) in [5.74, 6) is 0.720. The minimum atomic E-state index is -0.0229. The number of amides is 1. The molecule has 0 spiro atoms. The van der Waals surface area contributed by atoms with Gasteiger partial charge in [0.25, 0.3) is 5.91 Å². The fraction of sp³-hybridized carbons (Fsp3) is 0.500. The molecule has 5 heteroatoms. The molecule has 1 saturated heterocycles. The number of carbonyl (C=O) groups is 1. The van der Waals surface area contributed by atoms with E-state index in [1.54, 1.807) is 6.07 Å². The highest BCUT2D eigenvalue weighted by atomic mass is 35.5. The fourth-order valence-corrected chi connectivity index (χ4v) is 2.14. The van der Waals surface area contributed by atoms with Gasteiger partial charge in [-0.1, -0.05) is 6.07 Å². The van der Waals surface area contributed by atoms with Gasteiger partial charge < -0.3 is 15.4 Å². The molecule has 1 aliphatic rings. The molecule has 1 aliphatic heterocycles. The van der Waals surface area contributed by atoms with Crippen molar-refractivity contribution in [2.24, 2.45) is 0 Å². The Morgan fingerprint density at radius 3 is 3.05 bits per heavy atom. The molecule has 4 nitrogen and oxygen atoms in total. The molecule has 1 amide bonds. The van der Waals surface area contributed by atoms with Gasteiger partial charge in [0.05, 0.1) is 6.61 Å². The summed E-state index contributed by atoms with van der Waals surface area (Å²) >= 11 is 0. The Kier molecular flexibility index (Phi) is 6.67.